The van der Waals surface area contributed by atoms with E-state index < -0.39 is 12.1 Å². The molecule has 6 rings (SSSR count). The van der Waals surface area contributed by atoms with Crippen LogP contribution in [0.5, 0.6) is 0 Å². The molecule has 10 heteroatoms. The summed E-state index contributed by atoms with van der Waals surface area (Å²) in [5.74, 6) is -0.274. The molecule has 0 amide bonds. The summed E-state index contributed by atoms with van der Waals surface area (Å²) >= 11 is 0. The number of rotatable bonds is 3. The Balaban J connectivity index is 0.000000183. The molecule has 0 N–H and O–H groups in total. The molecule has 6 heterocycles. The van der Waals surface area contributed by atoms with Crippen LogP contribution in [0.1, 0.15) is 28.9 Å². The summed E-state index contributed by atoms with van der Waals surface area (Å²) in [6.45, 7) is 15.0. The monoisotopic (exact) mass is 449 g/mol. The van der Waals surface area contributed by atoms with Crippen LogP contribution in [0.4, 0.5) is 0 Å². The minimum absolute atomic E-state index is 0. The number of nitrogens with zero attached hydrogens (tertiary/aromatic N) is 7. The molecule has 162 valence electrons. The fourth-order valence-corrected chi connectivity index (χ4v) is 4.69. The molecule has 4 fully saturated rings. The van der Waals surface area contributed by atoms with Gasteiger partial charge in [0, 0.05) is 31.0 Å². The van der Waals surface area contributed by atoms with Crippen molar-refractivity contribution in [3.63, 3.8) is 0 Å². The van der Waals surface area contributed by atoms with Crippen molar-refractivity contribution in [2.24, 2.45) is 5.92 Å². The van der Waals surface area contributed by atoms with Crippen LogP contribution >= 0.6 is 0 Å². The zero-order valence-corrected chi connectivity index (χ0v) is 18.2. The largest absolute Gasteiger partial charge is 1.00 e. The molecule has 0 radical (unpaired) electrons. The number of carbonyl (C=O) groups excluding carboxylic acids is 1. The van der Waals surface area contributed by atoms with Crippen molar-refractivity contribution in [2.45, 2.75) is 33.9 Å². The van der Waals surface area contributed by atoms with Gasteiger partial charge in [-0.2, -0.15) is 10.2 Å². The molecule has 4 saturated heterocycles. The molecule has 2 aromatic rings. The number of aromatic nitrogens is 4. The third-order valence-electron chi connectivity index (χ3n) is 5.51. The van der Waals surface area contributed by atoms with E-state index in [0.29, 0.717) is 0 Å². The van der Waals surface area contributed by atoms with Crippen LogP contribution in [0.25, 0.3) is 0 Å². The number of hydrogen-bond donors (Lipinski definition) is 0. The number of aryl methyl sites for hydroxylation is 4. The minimum atomic E-state index is -1.23. The van der Waals surface area contributed by atoms with Gasteiger partial charge in [0.15, 0.2) is 6.17 Å². The van der Waals surface area contributed by atoms with Crippen LogP contribution in [0, 0.1) is 33.6 Å². The Hall–Kier alpha value is -1.71. The fourth-order valence-electron chi connectivity index (χ4n) is 4.69. The molecule has 4 bridgehead atoms. The predicted molar refractivity (Wildman–Crippen MR) is 101 cm³/mol. The number of carboxylic acids is 1. The van der Waals surface area contributed by atoms with E-state index in [1.807, 2.05) is 39.8 Å². The molecule has 0 spiro atoms. The Morgan fingerprint density at radius 1 is 0.897 bits per heavy atom. The summed E-state index contributed by atoms with van der Waals surface area (Å²) in [6.07, 6.45) is -1.05. The smallest absolute Gasteiger partial charge is 0.546 e. The molecule has 0 unspecified atom stereocenters. The van der Waals surface area contributed by atoms with Crippen molar-refractivity contribution < 1.29 is 27.0 Å². The van der Waals surface area contributed by atoms with Crippen LogP contribution in [0.2, 0.25) is 0 Å². The van der Waals surface area contributed by atoms with Gasteiger partial charge in [-0.25, -0.2) is 9.36 Å². The van der Waals surface area contributed by atoms with Crippen LogP contribution in [-0.2, 0) is 21.9 Å². The van der Waals surface area contributed by atoms with E-state index in [2.05, 4.69) is 24.9 Å². The molecule has 0 atom stereocenters. The maximum Gasteiger partial charge on any atom is 1.00 e. The van der Waals surface area contributed by atoms with E-state index in [1.54, 1.807) is 0 Å². The van der Waals surface area contributed by atoms with Gasteiger partial charge < -0.3 is 9.90 Å². The zero-order chi connectivity index (χ0) is 20.0. The van der Waals surface area contributed by atoms with E-state index in [1.165, 1.54) is 49.0 Å². The first-order valence-electron chi connectivity index (χ1n) is 9.73. The van der Waals surface area contributed by atoms with Crippen molar-refractivity contribution in [3.8, 4) is 0 Å². The third-order valence-corrected chi connectivity index (χ3v) is 5.51. The maximum atomic E-state index is 11.4. The van der Waals surface area contributed by atoms with Gasteiger partial charge in [-0.3, -0.25) is 14.7 Å². The van der Waals surface area contributed by atoms with Gasteiger partial charge >= 0.3 is 17.1 Å². The second-order valence-electron chi connectivity index (χ2n) is 8.29. The summed E-state index contributed by atoms with van der Waals surface area (Å²) in [5.41, 5.74) is 3.05. The topological polar surface area (TPSA) is 85.5 Å². The Kier molecular flexibility index (Phi) is 6.50. The Bertz CT molecular complexity index is 775. The molecule has 4 aliphatic heterocycles. The average molecular weight is 450 g/mol. The zero-order valence-electron chi connectivity index (χ0n) is 17.3. The Morgan fingerprint density at radius 2 is 1.28 bits per heavy atom. The van der Waals surface area contributed by atoms with Gasteiger partial charge in [0.2, 0.25) is 0 Å². The summed E-state index contributed by atoms with van der Waals surface area (Å²) < 4.78 is 2.84. The third kappa shape index (κ3) is 4.56. The van der Waals surface area contributed by atoms with E-state index in [9.17, 15) is 9.90 Å². The molecule has 4 aliphatic rings. The minimum Gasteiger partial charge on any atom is -0.546 e. The standard InChI is InChI=1S/C12H16N4O2.C7H13N3.Cu/c1-7-5-9(3)15(13-7)11(12(17)18)16-10(4)6-8(2)14-16;1-7-2-9-4-8(1)5-10(3-7)6-9;/h5-6,11H,1-4H3,(H,17,18);7H,1-6H2;/q;;+1/p-1. The van der Waals surface area contributed by atoms with E-state index in [-0.39, 0.29) is 17.1 Å². The summed E-state index contributed by atoms with van der Waals surface area (Å²) in [6, 6.07) is 3.64. The van der Waals surface area contributed by atoms with Crippen molar-refractivity contribution in [2.75, 3.05) is 39.6 Å². The molecule has 0 aliphatic carbocycles. The van der Waals surface area contributed by atoms with Gasteiger partial charge in [0.05, 0.1) is 37.4 Å². The first-order chi connectivity index (χ1) is 13.3. The van der Waals surface area contributed by atoms with Gasteiger partial charge in [-0.05, 0) is 45.7 Å². The molecule has 0 aromatic carbocycles. The number of carbonyl (C=O) groups is 1. The van der Waals surface area contributed by atoms with E-state index >= 15 is 0 Å². The van der Waals surface area contributed by atoms with Crippen molar-refractivity contribution in [1.29, 1.82) is 0 Å². The van der Waals surface area contributed by atoms with Gasteiger partial charge in [-0.15, -0.1) is 0 Å². The molecule has 9 nitrogen and oxygen atoms in total. The van der Waals surface area contributed by atoms with Crippen molar-refractivity contribution in [3.05, 3.63) is 34.9 Å². The molecular formula is C19H28CuN7O2. The normalized spacial score (nSPS) is 26.8. The number of hydrogen-bond acceptors (Lipinski definition) is 7. The fraction of sp³-hybridized carbons (Fsp3) is 0.632. The first-order valence-corrected chi connectivity index (χ1v) is 9.73. The molecule has 0 saturated carbocycles. The second-order valence-corrected chi connectivity index (χ2v) is 8.29. The van der Waals surface area contributed by atoms with E-state index in [0.717, 1.165) is 28.7 Å². The Morgan fingerprint density at radius 3 is 1.52 bits per heavy atom. The quantitative estimate of drug-likeness (QED) is 0.585. The van der Waals surface area contributed by atoms with Gasteiger partial charge in [0.1, 0.15) is 0 Å². The molecule has 29 heavy (non-hydrogen) atoms. The van der Waals surface area contributed by atoms with E-state index in [4.69, 9.17) is 0 Å². The second kappa shape index (κ2) is 8.57. The maximum absolute atomic E-state index is 11.4. The Labute approximate surface area is 181 Å². The van der Waals surface area contributed by atoms with Gasteiger partial charge in [-0.1, -0.05) is 0 Å². The summed E-state index contributed by atoms with van der Waals surface area (Å²) in [4.78, 5) is 19.0. The van der Waals surface area contributed by atoms with Crippen LogP contribution in [0.15, 0.2) is 12.1 Å². The molecule has 2 aromatic heterocycles. The van der Waals surface area contributed by atoms with Crippen LogP contribution in [-0.4, -0.2) is 79.9 Å². The average Bonchev–Trinajstić information content (AvgIpc) is 3.08. The first kappa shape index (κ1) is 22.0. The summed E-state index contributed by atoms with van der Waals surface area (Å²) in [5, 5.41) is 19.8. The SMILES string of the molecule is C1C2CN3CN1CN(C2)C3.Cc1cc(C)n(C(C(=O)[O-])n2nc(C)cc2C)n1.[Cu+]. The van der Waals surface area contributed by atoms with Crippen LogP contribution in [0.3, 0.4) is 0 Å². The number of carboxylic acid groups (broad SMARTS) is 1. The molecular weight excluding hydrogens is 422 g/mol. The predicted octanol–water partition coefficient (Wildman–Crippen LogP) is -0.471. The van der Waals surface area contributed by atoms with Crippen molar-refractivity contribution >= 4 is 5.97 Å². The van der Waals surface area contributed by atoms with Crippen molar-refractivity contribution in [1.82, 2.24) is 34.3 Å². The summed E-state index contributed by atoms with van der Waals surface area (Å²) in [7, 11) is 0. The number of aliphatic carboxylic acids is 1. The van der Waals surface area contributed by atoms with Crippen LogP contribution < -0.4 is 5.11 Å². The van der Waals surface area contributed by atoms with Gasteiger partial charge in [0.25, 0.3) is 0 Å².